The molecule has 0 radical (unpaired) electrons. The Kier molecular flexibility index (Phi) is 10.9. The lowest BCUT2D eigenvalue weighted by atomic mass is 9.81. The van der Waals surface area contributed by atoms with Crippen molar-refractivity contribution in [2.45, 2.75) is 44.9 Å². The van der Waals surface area contributed by atoms with E-state index in [9.17, 15) is 4.79 Å². The highest BCUT2D eigenvalue weighted by Crippen LogP contribution is 2.46. The van der Waals surface area contributed by atoms with E-state index < -0.39 is 8.07 Å². The first-order valence-electron chi connectivity index (χ1n) is 13.4. The van der Waals surface area contributed by atoms with Crippen LogP contribution in [0.1, 0.15) is 36.5 Å². The second kappa shape index (κ2) is 14.4. The number of hydrogen-bond acceptors (Lipinski definition) is 4. The van der Waals surface area contributed by atoms with E-state index in [1.807, 2.05) is 91.0 Å². The number of carbonyl (C=O) groups excluding carboxylic acids is 1. The Morgan fingerprint density at radius 2 is 1.46 bits per heavy atom. The number of ether oxygens (including phenoxy) is 2. The van der Waals surface area contributed by atoms with Gasteiger partial charge in [0.2, 0.25) is 0 Å². The second-order valence-electron chi connectivity index (χ2n) is 10.9. The molecular formula is C34H40O4Si. The Hall–Kier alpha value is -3.83. The summed E-state index contributed by atoms with van der Waals surface area (Å²) in [6.07, 6.45) is 8.59. The highest BCUT2D eigenvalue weighted by molar-refractivity contribution is 6.77. The molecule has 0 amide bonds. The second-order valence-corrected chi connectivity index (χ2v) is 16.2. The van der Waals surface area contributed by atoms with Crippen molar-refractivity contribution in [3.05, 3.63) is 120 Å². The molecule has 1 aliphatic heterocycles. The third kappa shape index (κ3) is 9.77. The summed E-state index contributed by atoms with van der Waals surface area (Å²) < 4.78 is 11.6. The average molecular weight is 541 g/mol. The molecule has 0 aliphatic carbocycles. The summed E-state index contributed by atoms with van der Waals surface area (Å²) >= 11 is 0. The van der Waals surface area contributed by atoms with Crippen molar-refractivity contribution >= 4 is 32.3 Å². The molecule has 0 unspecified atom stereocenters. The molecular weight excluding hydrogens is 500 g/mol. The standard InChI is InChI=1S/C26H32O3Si.C8H8O/c1-5-21-11-13-23(14-12-21)28-20-25(27)29-24(19-22-9-7-6-8-10-22)26(2)15-17-30(3,4)18-16-26;9-7-6-8-4-2-1-3-5-8/h5-14,19H,1,15-18,20H2,2-4H3;1-7,9H. The van der Waals surface area contributed by atoms with Crippen LogP contribution in [0.5, 0.6) is 5.75 Å². The number of carbonyl (C=O) groups is 1. The molecule has 0 saturated carbocycles. The van der Waals surface area contributed by atoms with Gasteiger partial charge in [-0.3, -0.25) is 0 Å². The Morgan fingerprint density at radius 3 is 2.00 bits per heavy atom. The zero-order valence-electron chi connectivity index (χ0n) is 23.3. The van der Waals surface area contributed by atoms with Crippen molar-refractivity contribution in [2.24, 2.45) is 5.41 Å². The Bertz CT molecular complexity index is 1240. The van der Waals surface area contributed by atoms with Crippen LogP contribution in [-0.2, 0) is 9.53 Å². The molecule has 5 heteroatoms. The molecule has 0 aromatic heterocycles. The highest BCUT2D eigenvalue weighted by Gasteiger charge is 2.40. The van der Waals surface area contributed by atoms with Crippen LogP contribution in [0, 0.1) is 5.41 Å². The van der Waals surface area contributed by atoms with E-state index in [2.05, 4.69) is 26.6 Å². The largest absolute Gasteiger partial charge is 0.516 e. The molecule has 3 aromatic rings. The number of benzene rings is 3. The van der Waals surface area contributed by atoms with E-state index >= 15 is 0 Å². The molecule has 1 fully saturated rings. The van der Waals surface area contributed by atoms with Gasteiger partial charge in [-0.15, -0.1) is 0 Å². The molecule has 1 N–H and O–H groups in total. The number of hydrogen-bond donors (Lipinski definition) is 1. The van der Waals surface area contributed by atoms with E-state index in [-0.39, 0.29) is 18.0 Å². The molecule has 4 rings (SSSR count). The molecule has 3 aromatic carbocycles. The minimum absolute atomic E-state index is 0.115. The topological polar surface area (TPSA) is 55.8 Å². The minimum atomic E-state index is -1.12. The first-order valence-corrected chi connectivity index (χ1v) is 16.8. The fraction of sp³-hybridized carbons (Fsp3) is 0.265. The van der Waals surface area contributed by atoms with Gasteiger partial charge in [-0.1, -0.05) is 118 Å². The molecule has 204 valence electrons. The van der Waals surface area contributed by atoms with Crippen molar-refractivity contribution in [1.82, 2.24) is 0 Å². The van der Waals surface area contributed by atoms with Crippen molar-refractivity contribution in [2.75, 3.05) is 6.61 Å². The van der Waals surface area contributed by atoms with Gasteiger partial charge in [0.05, 0.1) is 6.26 Å². The Morgan fingerprint density at radius 1 is 0.897 bits per heavy atom. The van der Waals surface area contributed by atoms with Gasteiger partial charge in [-0.2, -0.15) is 0 Å². The van der Waals surface area contributed by atoms with Crippen molar-refractivity contribution in [3.8, 4) is 5.75 Å². The maximum Gasteiger partial charge on any atom is 0.349 e. The maximum absolute atomic E-state index is 12.7. The van der Waals surface area contributed by atoms with Crippen LogP contribution in [0.3, 0.4) is 0 Å². The van der Waals surface area contributed by atoms with Crippen molar-refractivity contribution in [1.29, 1.82) is 0 Å². The first-order chi connectivity index (χ1) is 18.7. The molecule has 0 spiro atoms. The summed E-state index contributed by atoms with van der Waals surface area (Å²) in [5.41, 5.74) is 2.94. The molecule has 1 heterocycles. The van der Waals surface area contributed by atoms with Crippen LogP contribution in [0.15, 0.2) is 104 Å². The quantitative estimate of drug-likeness (QED) is 0.176. The fourth-order valence-electron chi connectivity index (χ4n) is 4.40. The average Bonchev–Trinajstić information content (AvgIpc) is 2.95. The summed E-state index contributed by atoms with van der Waals surface area (Å²) in [5, 5.41) is 8.34. The third-order valence-corrected chi connectivity index (χ3v) is 10.4. The summed E-state index contributed by atoms with van der Waals surface area (Å²) in [6.45, 7) is 10.8. The summed E-state index contributed by atoms with van der Waals surface area (Å²) in [4.78, 5) is 12.7. The lowest BCUT2D eigenvalue weighted by Gasteiger charge is -2.41. The van der Waals surface area contributed by atoms with Crippen LogP contribution >= 0.6 is 0 Å². The van der Waals surface area contributed by atoms with E-state index in [0.717, 1.165) is 41.6 Å². The predicted molar refractivity (Wildman–Crippen MR) is 165 cm³/mol. The predicted octanol–water partition coefficient (Wildman–Crippen LogP) is 9.02. The van der Waals surface area contributed by atoms with Gasteiger partial charge < -0.3 is 14.6 Å². The van der Waals surface area contributed by atoms with Gasteiger partial charge in [-0.25, -0.2) is 4.79 Å². The van der Waals surface area contributed by atoms with E-state index in [4.69, 9.17) is 14.6 Å². The number of aliphatic hydroxyl groups is 1. The SMILES string of the molecule is C=Cc1ccc(OCC(=O)OC(=Cc2ccccc2)C2(C)CC[Si](C)(C)CC2)cc1.OC=Cc1ccccc1. The Labute approximate surface area is 234 Å². The van der Waals surface area contributed by atoms with Crippen LogP contribution in [-0.4, -0.2) is 25.8 Å². The van der Waals surface area contributed by atoms with Crippen LogP contribution < -0.4 is 4.74 Å². The van der Waals surface area contributed by atoms with Gasteiger partial charge in [0.15, 0.2) is 6.61 Å². The number of rotatable bonds is 8. The zero-order valence-corrected chi connectivity index (χ0v) is 24.3. The van der Waals surface area contributed by atoms with E-state index in [1.165, 1.54) is 12.1 Å². The fourth-order valence-corrected chi connectivity index (χ4v) is 7.10. The molecule has 1 saturated heterocycles. The Balaban J connectivity index is 0.000000395. The van der Waals surface area contributed by atoms with E-state index in [0.29, 0.717) is 5.75 Å². The lowest BCUT2D eigenvalue weighted by Crippen LogP contribution is -2.37. The molecule has 1 aliphatic rings. The maximum atomic E-state index is 12.7. The van der Waals surface area contributed by atoms with Crippen LogP contribution in [0.25, 0.3) is 18.2 Å². The zero-order chi connectivity index (χ0) is 28.1. The molecule has 4 nitrogen and oxygen atoms in total. The summed E-state index contributed by atoms with van der Waals surface area (Å²) in [5.74, 6) is 1.03. The van der Waals surface area contributed by atoms with Gasteiger partial charge in [0.25, 0.3) is 0 Å². The van der Waals surface area contributed by atoms with Gasteiger partial charge in [0, 0.05) is 13.5 Å². The number of esters is 1. The lowest BCUT2D eigenvalue weighted by molar-refractivity contribution is -0.143. The molecule has 39 heavy (non-hydrogen) atoms. The number of aliphatic hydroxyl groups excluding tert-OH is 1. The minimum Gasteiger partial charge on any atom is -0.516 e. The third-order valence-electron chi connectivity index (χ3n) is 7.16. The van der Waals surface area contributed by atoms with Gasteiger partial charge in [-0.05, 0) is 53.8 Å². The molecule has 0 bridgehead atoms. The van der Waals surface area contributed by atoms with Gasteiger partial charge in [0.1, 0.15) is 11.5 Å². The van der Waals surface area contributed by atoms with Gasteiger partial charge >= 0.3 is 5.97 Å². The van der Waals surface area contributed by atoms with E-state index in [1.54, 1.807) is 12.2 Å². The smallest absolute Gasteiger partial charge is 0.349 e. The first kappa shape index (κ1) is 29.7. The van der Waals surface area contributed by atoms with Crippen molar-refractivity contribution < 1.29 is 19.4 Å². The summed E-state index contributed by atoms with van der Waals surface area (Å²) in [6, 6.07) is 29.7. The monoisotopic (exact) mass is 540 g/mol. The number of allylic oxidation sites excluding steroid dienone is 1. The highest BCUT2D eigenvalue weighted by atomic mass is 28.3. The normalized spacial score (nSPS) is 16.0. The van der Waals surface area contributed by atoms with Crippen LogP contribution in [0.2, 0.25) is 25.2 Å². The van der Waals surface area contributed by atoms with Crippen molar-refractivity contribution in [3.63, 3.8) is 0 Å². The molecule has 0 atom stereocenters. The summed E-state index contributed by atoms with van der Waals surface area (Å²) in [7, 11) is -1.12. The van der Waals surface area contributed by atoms with Crippen LogP contribution in [0.4, 0.5) is 0 Å².